The van der Waals surface area contributed by atoms with Gasteiger partial charge >= 0.3 is 0 Å². The van der Waals surface area contributed by atoms with E-state index >= 15 is 0 Å². The number of nitrogens with two attached hydrogens (primary N) is 1. The molecule has 1 aliphatic rings. The maximum Gasteiger partial charge on any atom is 0.0280 e. The second-order valence-corrected chi connectivity index (χ2v) is 5.26. The van der Waals surface area contributed by atoms with Crippen LogP contribution < -0.4 is 11.1 Å². The molecule has 1 atom stereocenters. The summed E-state index contributed by atoms with van der Waals surface area (Å²) in [6.45, 7) is 6.75. The topological polar surface area (TPSA) is 38.0 Å². The van der Waals surface area contributed by atoms with E-state index in [1.165, 1.54) is 44.9 Å². The molecule has 0 aliphatic heterocycles. The van der Waals surface area contributed by atoms with Crippen LogP contribution in [0, 0.1) is 5.92 Å². The zero-order chi connectivity index (χ0) is 11.1. The van der Waals surface area contributed by atoms with Gasteiger partial charge < -0.3 is 11.1 Å². The molecule has 0 amide bonds. The third kappa shape index (κ3) is 4.52. The number of unbranched alkanes of at least 4 members (excludes halogenated alkanes) is 1. The maximum absolute atomic E-state index is 6.17. The monoisotopic (exact) mass is 212 g/mol. The van der Waals surface area contributed by atoms with Crippen molar-refractivity contribution < 1.29 is 0 Å². The molecule has 0 radical (unpaired) electrons. The van der Waals surface area contributed by atoms with E-state index in [1.54, 1.807) is 0 Å². The molecule has 1 fully saturated rings. The normalized spacial score (nSPS) is 21.0. The molecule has 1 unspecified atom stereocenters. The summed E-state index contributed by atoms with van der Waals surface area (Å²) in [6.07, 6.45) is 9.11. The second-order valence-electron chi connectivity index (χ2n) is 5.26. The molecule has 90 valence electrons. The Kier molecular flexibility index (Phi) is 5.62. The van der Waals surface area contributed by atoms with Crippen LogP contribution in [0.4, 0.5) is 0 Å². The van der Waals surface area contributed by atoms with E-state index in [4.69, 9.17) is 5.73 Å². The second kappa shape index (κ2) is 6.49. The molecule has 2 nitrogen and oxygen atoms in total. The molecule has 0 spiro atoms. The first-order chi connectivity index (χ1) is 7.20. The number of hydrogen-bond donors (Lipinski definition) is 2. The minimum Gasteiger partial charge on any atom is -0.324 e. The predicted molar refractivity (Wildman–Crippen MR) is 66.9 cm³/mol. The van der Waals surface area contributed by atoms with Gasteiger partial charge in [0.2, 0.25) is 0 Å². The smallest absolute Gasteiger partial charge is 0.0280 e. The van der Waals surface area contributed by atoms with Gasteiger partial charge in [-0.15, -0.1) is 0 Å². The van der Waals surface area contributed by atoms with Crippen molar-refractivity contribution in [1.29, 1.82) is 0 Å². The molecule has 1 aliphatic carbocycles. The average Bonchev–Trinajstić information content (AvgIpc) is 2.20. The van der Waals surface area contributed by atoms with E-state index in [0.717, 1.165) is 19.0 Å². The number of rotatable bonds is 8. The molecule has 1 rings (SSSR count). The minimum atomic E-state index is 0.142. The van der Waals surface area contributed by atoms with Crippen LogP contribution in [-0.2, 0) is 0 Å². The van der Waals surface area contributed by atoms with Gasteiger partial charge in [-0.25, -0.2) is 0 Å². The molecule has 0 aromatic heterocycles. The average molecular weight is 212 g/mol. The quantitative estimate of drug-likeness (QED) is 0.649. The lowest BCUT2D eigenvalue weighted by molar-refractivity contribution is 0.233. The highest BCUT2D eigenvalue weighted by Crippen LogP contribution is 2.28. The Hall–Kier alpha value is -0.0800. The molecule has 0 heterocycles. The van der Waals surface area contributed by atoms with Crippen molar-refractivity contribution in [3.05, 3.63) is 0 Å². The van der Waals surface area contributed by atoms with E-state index in [9.17, 15) is 0 Å². The molecule has 0 aromatic rings. The van der Waals surface area contributed by atoms with Gasteiger partial charge in [0.25, 0.3) is 0 Å². The van der Waals surface area contributed by atoms with Gasteiger partial charge in [-0.1, -0.05) is 33.1 Å². The lowest BCUT2D eigenvalue weighted by Crippen LogP contribution is -2.54. The van der Waals surface area contributed by atoms with Gasteiger partial charge in [0, 0.05) is 12.1 Å². The van der Waals surface area contributed by atoms with Gasteiger partial charge in [-0.3, -0.25) is 0 Å². The third-order valence-corrected chi connectivity index (χ3v) is 3.80. The van der Waals surface area contributed by atoms with Crippen molar-refractivity contribution in [3.63, 3.8) is 0 Å². The summed E-state index contributed by atoms with van der Waals surface area (Å²) in [5, 5.41) is 3.56. The molecule has 2 heteroatoms. The van der Waals surface area contributed by atoms with Crippen LogP contribution in [0.15, 0.2) is 0 Å². The van der Waals surface area contributed by atoms with Gasteiger partial charge in [0.15, 0.2) is 0 Å². The lowest BCUT2D eigenvalue weighted by atomic mass is 9.77. The van der Waals surface area contributed by atoms with Crippen molar-refractivity contribution in [3.8, 4) is 0 Å². The van der Waals surface area contributed by atoms with Crippen LogP contribution in [0.3, 0.4) is 0 Å². The summed E-state index contributed by atoms with van der Waals surface area (Å²) < 4.78 is 0. The Balaban J connectivity index is 2.05. The number of nitrogens with one attached hydrogen (secondary N) is 1. The van der Waals surface area contributed by atoms with Crippen molar-refractivity contribution in [1.82, 2.24) is 5.32 Å². The SMILES string of the molecule is CCCCC(CC)CNCC1(N)CCC1. The van der Waals surface area contributed by atoms with Crippen LogP contribution in [0.25, 0.3) is 0 Å². The molecule has 1 saturated carbocycles. The first-order valence-electron chi connectivity index (χ1n) is 6.70. The first kappa shape index (κ1) is 13.0. The van der Waals surface area contributed by atoms with Crippen LogP contribution in [-0.4, -0.2) is 18.6 Å². The molecule has 3 N–H and O–H groups in total. The fourth-order valence-corrected chi connectivity index (χ4v) is 2.28. The highest BCUT2D eigenvalue weighted by molar-refractivity contribution is 4.94. The van der Waals surface area contributed by atoms with Crippen LogP contribution >= 0.6 is 0 Å². The van der Waals surface area contributed by atoms with E-state index in [2.05, 4.69) is 19.2 Å². The van der Waals surface area contributed by atoms with E-state index < -0.39 is 0 Å². The molecule has 0 aromatic carbocycles. The Morgan fingerprint density at radius 3 is 2.53 bits per heavy atom. The van der Waals surface area contributed by atoms with Gasteiger partial charge in [-0.2, -0.15) is 0 Å². The maximum atomic E-state index is 6.17. The zero-order valence-corrected chi connectivity index (χ0v) is 10.5. The zero-order valence-electron chi connectivity index (χ0n) is 10.5. The lowest BCUT2D eigenvalue weighted by Gasteiger charge is -2.38. The van der Waals surface area contributed by atoms with Crippen molar-refractivity contribution in [2.45, 2.75) is 64.3 Å². The van der Waals surface area contributed by atoms with E-state index in [-0.39, 0.29) is 5.54 Å². The summed E-state index contributed by atoms with van der Waals surface area (Å²) in [5.41, 5.74) is 6.31. The summed E-state index contributed by atoms with van der Waals surface area (Å²) in [5.74, 6) is 0.855. The van der Waals surface area contributed by atoms with Crippen molar-refractivity contribution in [2.24, 2.45) is 11.7 Å². The van der Waals surface area contributed by atoms with E-state index in [0.29, 0.717) is 0 Å². The summed E-state index contributed by atoms with van der Waals surface area (Å²) in [4.78, 5) is 0. The molecular weight excluding hydrogens is 184 g/mol. The molecule has 0 saturated heterocycles. The molecular formula is C13H28N2. The number of hydrogen-bond acceptors (Lipinski definition) is 2. The van der Waals surface area contributed by atoms with Crippen molar-refractivity contribution >= 4 is 0 Å². The van der Waals surface area contributed by atoms with Crippen LogP contribution in [0.2, 0.25) is 0 Å². The van der Waals surface area contributed by atoms with Gasteiger partial charge in [-0.05, 0) is 38.1 Å². The fraction of sp³-hybridized carbons (Fsp3) is 1.00. The minimum absolute atomic E-state index is 0.142. The molecule has 15 heavy (non-hydrogen) atoms. The highest BCUT2D eigenvalue weighted by Gasteiger charge is 2.31. The Morgan fingerprint density at radius 1 is 1.33 bits per heavy atom. The Labute approximate surface area is 95.0 Å². The van der Waals surface area contributed by atoms with Crippen LogP contribution in [0.5, 0.6) is 0 Å². The van der Waals surface area contributed by atoms with Gasteiger partial charge in [0.05, 0.1) is 0 Å². The first-order valence-corrected chi connectivity index (χ1v) is 6.70. The molecule has 0 bridgehead atoms. The predicted octanol–water partition coefficient (Wildman–Crippen LogP) is 2.67. The summed E-state index contributed by atoms with van der Waals surface area (Å²) >= 11 is 0. The van der Waals surface area contributed by atoms with Gasteiger partial charge in [0.1, 0.15) is 0 Å². The third-order valence-electron chi connectivity index (χ3n) is 3.80. The Bertz CT molecular complexity index is 164. The summed E-state index contributed by atoms with van der Waals surface area (Å²) in [6, 6.07) is 0. The largest absolute Gasteiger partial charge is 0.324 e. The fourth-order valence-electron chi connectivity index (χ4n) is 2.28. The van der Waals surface area contributed by atoms with E-state index in [1.807, 2.05) is 0 Å². The van der Waals surface area contributed by atoms with Crippen molar-refractivity contribution in [2.75, 3.05) is 13.1 Å². The van der Waals surface area contributed by atoms with Crippen LogP contribution in [0.1, 0.15) is 58.8 Å². The summed E-state index contributed by atoms with van der Waals surface area (Å²) in [7, 11) is 0. The Morgan fingerprint density at radius 2 is 2.07 bits per heavy atom. The highest BCUT2D eigenvalue weighted by atomic mass is 14.9. The standard InChI is InChI=1S/C13H28N2/c1-3-5-7-12(4-2)10-15-11-13(14)8-6-9-13/h12,15H,3-11,14H2,1-2H3.